The Labute approximate surface area is 86.0 Å². The molecule has 1 aromatic rings. The van der Waals surface area contributed by atoms with E-state index in [0.717, 1.165) is 10.6 Å². The molecule has 1 aromatic carbocycles. The van der Waals surface area contributed by atoms with Crippen molar-refractivity contribution >= 4 is 23.4 Å². The second-order valence-corrected chi connectivity index (χ2v) is 3.84. The summed E-state index contributed by atoms with van der Waals surface area (Å²) in [6.07, 6.45) is 1.79. The minimum atomic E-state index is -0.823. The summed E-state index contributed by atoms with van der Waals surface area (Å²) in [5.41, 5.74) is 0.961. The highest BCUT2D eigenvalue weighted by atomic mass is 32.2. The second-order valence-electron chi connectivity index (χ2n) is 2.89. The van der Waals surface area contributed by atoms with E-state index in [-0.39, 0.29) is 6.54 Å². The van der Waals surface area contributed by atoms with Gasteiger partial charge in [-0.2, -0.15) is 0 Å². The Bertz CT molecular complexity index is 389. The summed E-state index contributed by atoms with van der Waals surface area (Å²) in [7, 11) is 0. The SMILES string of the molecule is O=C(O)CN1C=CSc2ccccc21. The van der Waals surface area contributed by atoms with Crippen LogP contribution < -0.4 is 4.90 Å². The van der Waals surface area contributed by atoms with E-state index in [1.807, 2.05) is 29.7 Å². The minimum absolute atomic E-state index is 0.00801. The average molecular weight is 207 g/mol. The smallest absolute Gasteiger partial charge is 0.323 e. The summed E-state index contributed by atoms with van der Waals surface area (Å²) in [4.78, 5) is 13.4. The largest absolute Gasteiger partial charge is 0.480 e. The standard InChI is InChI=1S/C10H9NO2S/c12-10(13)7-11-5-6-14-9-4-2-1-3-8(9)11/h1-6H,7H2,(H,12,13). The summed E-state index contributed by atoms with van der Waals surface area (Å²) in [5.74, 6) is -0.823. The van der Waals surface area contributed by atoms with E-state index in [1.165, 1.54) is 0 Å². The van der Waals surface area contributed by atoms with Crippen LogP contribution >= 0.6 is 11.8 Å². The molecular weight excluding hydrogens is 198 g/mol. The van der Waals surface area contributed by atoms with Crippen molar-refractivity contribution in [2.45, 2.75) is 4.90 Å². The lowest BCUT2D eigenvalue weighted by Gasteiger charge is -2.23. The van der Waals surface area contributed by atoms with Gasteiger partial charge in [0, 0.05) is 11.1 Å². The van der Waals surface area contributed by atoms with Gasteiger partial charge in [-0.05, 0) is 17.5 Å². The van der Waals surface area contributed by atoms with Crippen LogP contribution in [0.1, 0.15) is 0 Å². The van der Waals surface area contributed by atoms with E-state index < -0.39 is 5.97 Å². The molecule has 0 amide bonds. The van der Waals surface area contributed by atoms with Crippen molar-refractivity contribution in [3.63, 3.8) is 0 Å². The van der Waals surface area contributed by atoms with Gasteiger partial charge in [-0.3, -0.25) is 4.79 Å². The van der Waals surface area contributed by atoms with Gasteiger partial charge < -0.3 is 10.0 Å². The molecule has 1 aliphatic heterocycles. The molecule has 0 saturated carbocycles. The van der Waals surface area contributed by atoms with Crippen molar-refractivity contribution in [2.75, 3.05) is 11.4 Å². The predicted octanol–water partition coefficient (Wildman–Crippen LogP) is 2.15. The molecule has 2 rings (SSSR count). The van der Waals surface area contributed by atoms with Crippen LogP contribution in [0.3, 0.4) is 0 Å². The Kier molecular flexibility index (Phi) is 2.45. The summed E-state index contributed by atoms with van der Waals surface area (Å²) < 4.78 is 0. The number of nitrogens with zero attached hydrogens (tertiary/aromatic N) is 1. The highest BCUT2D eigenvalue weighted by Crippen LogP contribution is 2.34. The van der Waals surface area contributed by atoms with Gasteiger partial charge in [0.05, 0.1) is 5.69 Å². The highest BCUT2D eigenvalue weighted by Gasteiger charge is 2.14. The molecule has 1 heterocycles. The van der Waals surface area contributed by atoms with Gasteiger partial charge in [0.25, 0.3) is 0 Å². The number of hydrogen-bond acceptors (Lipinski definition) is 3. The summed E-state index contributed by atoms with van der Waals surface area (Å²) >= 11 is 1.60. The Morgan fingerprint density at radius 3 is 3.00 bits per heavy atom. The van der Waals surface area contributed by atoms with Crippen LogP contribution in [-0.2, 0) is 4.79 Å². The van der Waals surface area contributed by atoms with Crippen LogP contribution in [-0.4, -0.2) is 17.6 Å². The van der Waals surface area contributed by atoms with Crippen LogP contribution in [0.5, 0.6) is 0 Å². The number of aliphatic carboxylic acids is 1. The zero-order valence-corrected chi connectivity index (χ0v) is 8.20. The van der Waals surface area contributed by atoms with Crippen molar-refractivity contribution in [1.82, 2.24) is 0 Å². The number of carboxylic acids is 1. The zero-order chi connectivity index (χ0) is 9.97. The molecule has 14 heavy (non-hydrogen) atoms. The molecule has 1 aliphatic rings. The molecule has 0 unspecified atom stereocenters. The van der Waals surface area contributed by atoms with Crippen molar-refractivity contribution in [1.29, 1.82) is 0 Å². The second kappa shape index (κ2) is 3.75. The van der Waals surface area contributed by atoms with Crippen LogP contribution in [0.4, 0.5) is 5.69 Å². The number of para-hydroxylation sites is 1. The molecule has 0 aliphatic carbocycles. The minimum Gasteiger partial charge on any atom is -0.480 e. The number of carboxylic acid groups (broad SMARTS) is 1. The summed E-state index contributed by atoms with van der Waals surface area (Å²) in [5, 5.41) is 10.6. The molecule has 3 nitrogen and oxygen atoms in total. The van der Waals surface area contributed by atoms with E-state index in [0.29, 0.717) is 0 Å². The van der Waals surface area contributed by atoms with Gasteiger partial charge in [-0.25, -0.2) is 0 Å². The van der Waals surface area contributed by atoms with Crippen molar-refractivity contribution < 1.29 is 9.90 Å². The van der Waals surface area contributed by atoms with E-state index in [1.54, 1.807) is 22.9 Å². The maximum Gasteiger partial charge on any atom is 0.323 e. The predicted molar refractivity (Wildman–Crippen MR) is 56.4 cm³/mol. The van der Waals surface area contributed by atoms with Crippen molar-refractivity contribution in [2.24, 2.45) is 0 Å². The lowest BCUT2D eigenvalue weighted by atomic mass is 10.3. The van der Waals surface area contributed by atoms with Gasteiger partial charge in [0.2, 0.25) is 0 Å². The molecule has 0 fully saturated rings. The highest BCUT2D eigenvalue weighted by molar-refractivity contribution is 8.02. The van der Waals surface area contributed by atoms with Gasteiger partial charge in [-0.1, -0.05) is 23.9 Å². The first-order valence-corrected chi connectivity index (χ1v) is 5.06. The third-order valence-electron chi connectivity index (χ3n) is 1.92. The molecule has 0 aromatic heterocycles. The van der Waals surface area contributed by atoms with Gasteiger partial charge in [0.1, 0.15) is 6.54 Å². The Morgan fingerprint density at radius 2 is 2.21 bits per heavy atom. The summed E-state index contributed by atoms with van der Waals surface area (Å²) in [6, 6.07) is 7.77. The van der Waals surface area contributed by atoms with E-state index >= 15 is 0 Å². The van der Waals surface area contributed by atoms with Gasteiger partial charge in [-0.15, -0.1) is 0 Å². The van der Waals surface area contributed by atoms with Gasteiger partial charge >= 0.3 is 5.97 Å². The number of hydrogen-bond donors (Lipinski definition) is 1. The van der Waals surface area contributed by atoms with Crippen LogP contribution in [0.25, 0.3) is 0 Å². The molecule has 1 N–H and O–H groups in total. The average Bonchev–Trinajstić information content (AvgIpc) is 2.18. The molecule has 0 spiro atoms. The number of fused-ring (bicyclic) bond motifs is 1. The molecule has 0 saturated heterocycles. The number of thioether (sulfide) groups is 1. The number of rotatable bonds is 2. The van der Waals surface area contributed by atoms with E-state index in [2.05, 4.69) is 0 Å². The topological polar surface area (TPSA) is 40.5 Å². The van der Waals surface area contributed by atoms with Crippen LogP contribution in [0.15, 0.2) is 40.8 Å². The Balaban J connectivity index is 2.31. The molecular formula is C10H9NO2S. The number of anilines is 1. The summed E-state index contributed by atoms with van der Waals surface area (Å²) in [6.45, 7) is 0.00801. The fourth-order valence-corrected chi connectivity index (χ4v) is 2.15. The monoisotopic (exact) mass is 207 g/mol. The lowest BCUT2D eigenvalue weighted by molar-refractivity contribution is -0.135. The molecule has 0 bridgehead atoms. The Morgan fingerprint density at radius 1 is 1.43 bits per heavy atom. The van der Waals surface area contributed by atoms with E-state index in [4.69, 9.17) is 5.11 Å². The zero-order valence-electron chi connectivity index (χ0n) is 7.38. The quantitative estimate of drug-likeness (QED) is 0.806. The first kappa shape index (κ1) is 9.15. The third kappa shape index (κ3) is 1.75. The molecule has 0 atom stereocenters. The van der Waals surface area contributed by atoms with Crippen molar-refractivity contribution in [3.8, 4) is 0 Å². The molecule has 0 radical (unpaired) electrons. The lowest BCUT2D eigenvalue weighted by Crippen LogP contribution is -2.25. The van der Waals surface area contributed by atoms with E-state index in [9.17, 15) is 4.79 Å². The van der Waals surface area contributed by atoms with Gasteiger partial charge in [0.15, 0.2) is 0 Å². The normalized spacial score (nSPS) is 13.9. The number of carbonyl (C=O) groups is 1. The fraction of sp³-hybridized carbons (Fsp3) is 0.100. The molecule has 72 valence electrons. The third-order valence-corrected chi connectivity index (χ3v) is 2.77. The van der Waals surface area contributed by atoms with Crippen molar-refractivity contribution in [3.05, 3.63) is 35.9 Å². The number of benzene rings is 1. The fourth-order valence-electron chi connectivity index (χ4n) is 1.34. The molecule has 4 heteroatoms. The first-order valence-electron chi connectivity index (χ1n) is 4.18. The van der Waals surface area contributed by atoms with Crippen LogP contribution in [0, 0.1) is 0 Å². The Hall–Kier alpha value is -1.42. The maximum absolute atomic E-state index is 10.6. The van der Waals surface area contributed by atoms with Crippen LogP contribution in [0.2, 0.25) is 0 Å². The first-order chi connectivity index (χ1) is 6.77. The maximum atomic E-state index is 10.6.